The van der Waals surface area contributed by atoms with E-state index in [1.807, 2.05) is 13.0 Å². The van der Waals surface area contributed by atoms with Crippen molar-refractivity contribution in [2.45, 2.75) is 71.4 Å². The predicted molar refractivity (Wildman–Crippen MR) is 159 cm³/mol. The maximum atomic E-state index is 13.1. The lowest BCUT2D eigenvalue weighted by Crippen LogP contribution is -2.24. The van der Waals surface area contributed by atoms with Crippen LogP contribution in [-0.4, -0.2) is 63.8 Å². The van der Waals surface area contributed by atoms with E-state index < -0.39 is 21.5 Å². The lowest BCUT2D eigenvalue weighted by Gasteiger charge is -2.28. The normalized spacial score (nSPS) is 12.7. The van der Waals surface area contributed by atoms with Gasteiger partial charge in [0.05, 0.1) is 45.3 Å². The highest BCUT2D eigenvalue weighted by Crippen LogP contribution is 2.28. The third-order valence-electron chi connectivity index (χ3n) is 6.30. The van der Waals surface area contributed by atoms with E-state index in [2.05, 4.69) is 28.8 Å². The lowest BCUT2D eigenvalue weighted by molar-refractivity contribution is 0.0151. The number of pyridine rings is 1. The SMILES string of the molecule is CCOCCOCCOCCn1c(O)c(C#N)c(C)c(N=Nc2ccc(S(=O)(=O)[N-]C(C)CCCC(C)C)cc2)c1=O. The van der Waals surface area contributed by atoms with Crippen LogP contribution in [0.3, 0.4) is 0 Å². The molecule has 1 heterocycles. The molecule has 1 N–H and O–H groups in total. The molecule has 0 fully saturated rings. The summed E-state index contributed by atoms with van der Waals surface area (Å²) >= 11 is 0. The summed E-state index contributed by atoms with van der Waals surface area (Å²) in [6.07, 6.45) is 2.61. The fourth-order valence-electron chi connectivity index (χ4n) is 3.97. The van der Waals surface area contributed by atoms with Gasteiger partial charge >= 0.3 is 0 Å². The van der Waals surface area contributed by atoms with Gasteiger partial charge in [-0.2, -0.15) is 10.4 Å². The Hall–Kier alpha value is -3.15. The largest absolute Gasteiger partial charge is 0.542 e. The standard InChI is InChI=1S/C29H42N5O7S/c1-6-39-16-17-41-19-18-40-15-14-34-28(35)26(20-30)23(5)27(29(34)36)32-31-24-10-12-25(13-11-24)42(37,38)33-22(4)9-7-8-21(2)3/h10-13,21-22H,6-9,14-19H2,1-5H3,(H,31,35,36)/q-1. The topological polar surface area (TPSA) is 167 Å². The molecule has 42 heavy (non-hydrogen) atoms. The molecule has 0 saturated heterocycles. The van der Waals surface area contributed by atoms with Crippen LogP contribution >= 0.6 is 0 Å². The van der Waals surface area contributed by atoms with Crippen molar-refractivity contribution in [3.63, 3.8) is 0 Å². The van der Waals surface area contributed by atoms with E-state index in [0.717, 1.165) is 17.4 Å². The highest BCUT2D eigenvalue weighted by atomic mass is 32.2. The molecule has 2 aromatic rings. The molecule has 0 aliphatic heterocycles. The Kier molecular flexibility index (Phi) is 14.8. The Labute approximate surface area is 248 Å². The fourth-order valence-corrected chi connectivity index (χ4v) is 5.15. The van der Waals surface area contributed by atoms with Gasteiger partial charge in [0.25, 0.3) is 5.56 Å². The van der Waals surface area contributed by atoms with Crippen LogP contribution in [0.5, 0.6) is 5.88 Å². The van der Waals surface area contributed by atoms with Gasteiger partial charge in [-0.15, -0.1) is 11.2 Å². The zero-order valence-electron chi connectivity index (χ0n) is 25.1. The van der Waals surface area contributed by atoms with Gasteiger partial charge in [-0.25, -0.2) is 8.42 Å². The maximum absolute atomic E-state index is 13.1. The van der Waals surface area contributed by atoms with Crippen molar-refractivity contribution in [1.29, 1.82) is 5.26 Å². The number of benzene rings is 1. The quantitative estimate of drug-likeness (QED) is 0.162. The van der Waals surface area contributed by atoms with Crippen molar-refractivity contribution in [1.82, 2.24) is 4.57 Å². The molecule has 13 heteroatoms. The molecule has 0 amide bonds. The fraction of sp³-hybridized carbons (Fsp3) is 0.586. The highest BCUT2D eigenvalue weighted by Gasteiger charge is 2.19. The molecule has 12 nitrogen and oxygen atoms in total. The van der Waals surface area contributed by atoms with E-state index in [9.17, 15) is 23.6 Å². The summed E-state index contributed by atoms with van der Waals surface area (Å²) in [4.78, 5) is 13.2. The molecular formula is C29H42N5O7S-. The molecule has 0 saturated carbocycles. The average Bonchev–Trinajstić information content (AvgIpc) is 2.93. The van der Waals surface area contributed by atoms with E-state index in [-0.39, 0.29) is 47.5 Å². The van der Waals surface area contributed by atoms with Crippen molar-refractivity contribution < 1.29 is 27.7 Å². The molecule has 1 unspecified atom stereocenters. The van der Waals surface area contributed by atoms with E-state index in [0.29, 0.717) is 44.5 Å². The molecule has 2 rings (SSSR count). The highest BCUT2D eigenvalue weighted by molar-refractivity contribution is 7.94. The molecule has 0 radical (unpaired) electrons. The minimum Gasteiger partial charge on any atom is -0.542 e. The van der Waals surface area contributed by atoms with Crippen LogP contribution in [0.1, 0.15) is 58.1 Å². The number of nitriles is 1. The second-order valence-corrected chi connectivity index (χ2v) is 11.7. The molecule has 1 aromatic heterocycles. The van der Waals surface area contributed by atoms with Gasteiger partial charge in [-0.3, -0.25) is 9.36 Å². The van der Waals surface area contributed by atoms with Gasteiger partial charge in [-0.1, -0.05) is 40.0 Å². The Morgan fingerprint density at radius 2 is 1.62 bits per heavy atom. The Morgan fingerprint density at radius 3 is 2.21 bits per heavy atom. The predicted octanol–water partition coefficient (Wildman–Crippen LogP) is 5.50. The van der Waals surface area contributed by atoms with Gasteiger partial charge in [0, 0.05) is 17.1 Å². The zero-order valence-corrected chi connectivity index (χ0v) is 25.9. The van der Waals surface area contributed by atoms with Gasteiger partial charge in [0.2, 0.25) is 5.88 Å². The molecule has 0 spiro atoms. The molecule has 0 aliphatic carbocycles. The van der Waals surface area contributed by atoms with Crippen LogP contribution in [0.15, 0.2) is 44.2 Å². The molecule has 0 bridgehead atoms. The minimum absolute atomic E-state index is 0.0208. The summed E-state index contributed by atoms with van der Waals surface area (Å²) in [6, 6.07) is 7.26. The Morgan fingerprint density at radius 1 is 1.00 bits per heavy atom. The first-order valence-electron chi connectivity index (χ1n) is 14.1. The number of hydrogen-bond donors (Lipinski definition) is 1. The van der Waals surface area contributed by atoms with E-state index in [4.69, 9.17) is 14.2 Å². The number of azo groups is 1. The molecule has 232 valence electrons. The molecule has 0 aliphatic rings. The average molecular weight is 605 g/mol. The number of nitrogens with zero attached hydrogens (tertiary/aromatic N) is 5. The first kappa shape index (κ1) is 35.0. The Balaban J connectivity index is 2.09. The second kappa shape index (κ2) is 17.7. The van der Waals surface area contributed by atoms with Gasteiger partial charge < -0.3 is 24.0 Å². The number of ether oxygens (including phenoxy) is 3. The number of aromatic hydroxyl groups is 1. The number of aromatic nitrogens is 1. The summed E-state index contributed by atoms with van der Waals surface area (Å²) in [5.74, 6) is 0.0725. The second-order valence-electron chi connectivity index (χ2n) is 10.1. The number of sulfonamides is 1. The maximum Gasteiger partial charge on any atom is 0.281 e. The third kappa shape index (κ3) is 10.9. The van der Waals surface area contributed by atoms with Gasteiger partial charge in [-0.05, 0) is 44.0 Å². The van der Waals surface area contributed by atoms with Gasteiger partial charge in [0.1, 0.15) is 21.7 Å². The van der Waals surface area contributed by atoms with E-state index in [1.54, 1.807) is 6.92 Å². The van der Waals surface area contributed by atoms with Crippen molar-refractivity contribution in [3.05, 3.63) is 50.5 Å². The van der Waals surface area contributed by atoms with Crippen molar-refractivity contribution in [3.8, 4) is 11.9 Å². The summed E-state index contributed by atoms with van der Waals surface area (Å²) in [6.45, 7) is 11.7. The van der Waals surface area contributed by atoms with Gasteiger partial charge in [0.15, 0.2) is 5.69 Å². The lowest BCUT2D eigenvalue weighted by atomic mass is 10.0. The number of rotatable bonds is 19. The zero-order chi connectivity index (χ0) is 31.1. The summed E-state index contributed by atoms with van der Waals surface area (Å²) in [5.41, 5.74) is -0.399. The molecule has 1 atom stereocenters. The van der Waals surface area contributed by atoms with E-state index in [1.165, 1.54) is 31.2 Å². The summed E-state index contributed by atoms with van der Waals surface area (Å²) in [5, 5.41) is 28.2. The molecule has 1 aromatic carbocycles. The Bertz CT molecular complexity index is 1370. The van der Waals surface area contributed by atoms with Crippen LogP contribution in [0.4, 0.5) is 11.4 Å². The van der Waals surface area contributed by atoms with Crippen molar-refractivity contribution in [2.24, 2.45) is 16.1 Å². The minimum atomic E-state index is -3.84. The monoisotopic (exact) mass is 604 g/mol. The summed E-state index contributed by atoms with van der Waals surface area (Å²) < 4.78 is 46.5. The number of hydrogen-bond acceptors (Lipinski definition) is 10. The third-order valence-corrected chi connectivity index (χ3v) is 7.80. The van der Waals surface area contributed by atoms with Crippen molar-refractivity contribution in [2.75, 3.05) is 39.6 Å². The first-order chi connectivity index (χ1) is 20.0. The van der Waals surface area contributed by atoms with Crippen LogP contribution in [0, 0.1) is 24.2 Å². The summed E-state index contributed by atoms with van der Waals surface area (Å²) in [7, 11) is -3.84. The van der Waals surface area contributed by atoms with Crippen LogP contribution in [-0.2, 0) is 30.8 Å². The van der Waals surface area contributed by atoms with Crippen LogP contribution in [0.25, 0.3) is 4.72 Å². The smallest absolute Gasteiger partial charge is 0.281 e. The van der Waals surface area contributed by atoms with Crippen molar-refractivity contribution >= 4 is 21.4 Å². The first-order valence-corrected chi connectivity index (χ1v) is 15.5. The van der Waals surface area contributed by atoms with Crippen LogP contribution in [0.2, 0.25) is 0 Å². The molecular weight excluding hydrogens is 562 g/mol. The van der Waals surface area contributed by atoms with Crippen LogP contribution < -0.4 is 5.56 Å². The van der Waals surface area contributed by atoms with E-state index >= 15 is 0 Å².